The molecule has 0 saturated heterocycles. The van der Waals surface area contributed by atoms with E-state index >= 15 is 0 Å². The van der Waals surface area contributed by atoms with Gasteiger partial charge >= 0.3 is 0 Å². The minimum absolute atomic E-state index is 0.0504. The molecule has 2 amide bonds. The predicted molar refractivity (Wildman–Crippen MR) is 86.1 cm³/mol. The highest BCUT2D eigenvalue weighted by molar-refractivity contribution is 6.18. The molecule has 0 aliphatic rings. The van der Waals surface area contributed by atoms with Crippen LogP contribution in [0, 0.1) is 6.92 Å². The van der Waals surface area contributed by atoms with E-state index in [1.807, 2.05) is 19.1 Å². The highest BCUT2D eigenvalue weighted by Gasteiger charge is 2.09. The second-order valence-corrected chi connectivity index (χ2v) is 5.31. The maximum Gasteiger partial charge on any atom is 0.221 e. The van der Waals surface area contributed by atoms with Crippen LogP contribution in [0.1, 0.15) is 35.2 Å². The first-order valence-corrected chi connectivity index (χ1v) is 7.75. The SMILES string of the molecule is Cc1ccc(C(=O)CCC(=O)NCCNC(=O)CCCl)cc1. The van der Waals surface area contributed by atoms with Crippen molar-refractivity contribution in [1.82, 2.24) is 10.6 Å². The lowest BCUT2D eigenvalue weighted by Gasteiger charge is -2.06. The molecule has 1 aromatic carbocycles. The van der Waals surface area contributed by atoms with Gasteiger partial charge in [-0.2, -0.15) is 0 Å². The highest BCUT2D eigenvalue weighted by Crippen LogP contribution is 2.07. The first-order chi connectivity index (χ1) is 10.5. The minimum atomic E-state index is -0.202. The monoisotopic (exact) mass is 324 g/mol. The van der Waals surface area contributed by atoms with E-state index < -0.39 is 0 Å². The summed E-state index contributed by atoms with van der Waals surface area (Å²) in [5.74, 6) is -0.115. The summed E-state index contributed by atoms with van der Waals surface area (Å²) in [5.41, 5.74) is 1.71. The summed E-state index contributed by atoms with van der Waals surface area (Å²) in [5, 5.41) is 5.29. The summed E-state index contributed by atoms with van der Waals surface area (Å²) in [4.78, 5) is 34.6. The molecule has 0 aliphatic carbocycles. The van der Waals surface area contributed by atoms with Gasteiger partial charge in [-0.25, -0.2) is 0 Å². The lowest BCUT2D eigenvalue weighted by Crippen LogP contribution is -2.34. The third kappa shape index (κ3) is 7.22. The van der Waals surface area contributed by atoms with E-state index in [0.717, 1.165) is 5.56 Å². The second kappa shape index (κ2) is 9.95. The van der Waals surface area contributed by atoms with Gasteiger partial charge in [0, 0.05) is 43.8 Å². The lowest BCUT2D eigenvalue weighted by atomic mass is 10.1. The number of aryl methyl sites for hydroxylation is 1. The standard InChI is InChI=1S/C16H21ClN2O3/c1-12-2-4-13(5-3-12)14(20)6-7-15(21)18-10-11-19-16(22)8-9-17/h2-5H,6-11H2,1H3,(H,18,21)(H,19,22). The lowest BCUT2D eigenvalue weighted by molar-refractivity contribution is -0.122. The molecule has 2 N–H and O–H groups in total. The average molecular weight is 325 g/mol. The number of Topliss-reactive ketones (excluding diaryl/α,β-unsaturated/α-hetero) is 1. The summed E-state index contributed by atoms with van der Waals surface area (Å²) in [6, 6.07) is 7.28. The van der Waals surface area contributed by atoms with Crippen LogP contribution in [0.2, 0.25) is 0 Å². The topological polar surface area (TPSA) is 75.3 Å². The molecule has 22 heavy (non-hydrogen) atoms. The molecule has 6 heteroatoms. The van der Waals surface area contributed by atoms with Gasteiger partial charge < -0.3 is 10.6 Å². The van der Waals surface area contributed by atoms with Gasteiger partial charge in [0.05, 0.1) is 0 Å². The van der Waals surface area contributed by atoms with Crippen LogP contribution in [0.25, 0.3) is 0 Å². The Morgan fingerprint density at radius 3 is 2.00 bits per heavy atom. The smallest absolute Gasteiger partial charge is 0.221 e. The molecule has 0 atom stereocenters. The van der Waals surface area contributed by atoms with Crippen molar-refractivity contribution in [2.45, 2.75) is 26.2 Å². The van der Waals surface area contributed by atoms with E-state index in [0.29, 0.717) is 18.7 Å². The van der Waals surface area contributed by atoms with Gasteiger partial charge in [0.25, 0.3) is 0 Å². The first-order valence-electron chi connectivity index (χ1n) is 7.22. The van der Waals surface area contributed by atoms with Crippen LogP contribution < -0.4 is 10.6 Å². The first kappa shape index (κ1) is 18.2. The number of carbonyl (C=O) groups is 3. The maximum absolute atomic E-state index is 11.9. The number of rotatable bonds is 9. The van der Waals surface area contributed by atoms with Crippen LogP contribution in [-0.4, -0.2) is 36.6 Å². The van der Waals surface area contributed by atoms with E-state index in [1.54, 1.807) is 12.1 Å². The van der Waals surface area contributed by atoms with Crippen molar-refractivity contribution in [3.8, 4) is 0 Å². The molecule has 0 radical (unpaired) electrons. The number of hydrogen-bond acceptors (Lipinski definition) is 3. The molecule has 0 aliphatic heterocycles. The predicted octanol–water partition coefficient (Wildman–Crippen LogP) is 1.82. The molecule has 0 fully saturated rings. The second-order valence-electron chi connectivity index (χ2n) is 4.93. The van der Waals surface area contributed by atoms with Gasteiger partial charge in [0.15, 0.2) is 5.78 Å². The summed E-state index contributed by atoms with van der Waals surface area (Å²) >= 11 is 5.43. The zero-order chi connectivity index (χ0) is 16.4. The van der Waals surface area contributed by atoms with E-state index in [4.69, 9.17) is 11.6 Å². The van der Waals surface area contributed by atoms with E-state index in [9.17, 15) is 14.4 Å². The van der Waals surface area contributed by atoms with Crippen molar-refractivity contribution in [2.75, 3.05) is 19.0 Å². The Morgan fingerprint density at radius 2 is 1.45 bits per heavy atom. The van der Waals surface area contributed by atoms with Crippen LogP contribution >= 0.6 is 11.6 Å². The van der Waals surface area contributed by atoms with Crippen LogP contribution in [0.15, 0.2) is 24.3 Å². The molecule has 0 unspecified atom stereocenters. The molecule has 1 aromatic rings. The number of halogens is 1. The van der Waals surface area contributed by atoms with Gasteiger partial charge in [-0.05, 0) is 6.92 Å². The van der Waals surface area contributed by atoms with Crippen molar-refractivity contribution in [3.05, 3.63) is 35.4 Å². The van der Waals surface area contributed by atoms with Crippen molar-refractivity contribution in [3.63, 3.8) is 0 Å². The Balaban J connectivity index is 2.19. The van der Waals surface area contributed by atoms with Crippen molar-refractivity contribution < 1.29 is 14.4 Å². The molecule has 1 rings (SSSR count). The minimum Gasteiger partial charge on any atom is -0.354 e. The number of alkyl halides is 1. The highest BCUT2D eigenvalue weighted by atomic mass is 35.5. The number of amides is 2. The van der Waals surface area contributed by atoms with Gasteiger partial charge in [-0.15, -0.1) is 11.6 Å². The largest absolute Gasteiger partial charge is 0.354 e. The molecule has 120 valence electrons. The Hall–Kier alpha value is -1.88. The van der Waals surface area contributed by atoms with Crippen LogP contribution in [-0.2, 0) is 9.59 Å². The van der Waals surface area contributed by atoms with Crippen LogP contribution in [0.4, 0.5) is 0 Å². The molecule has 5 nitrogen and oxygen atoms in total. The molecule has 0 spiro atoms. The fraction of sp³-hybridized carbons (Fsp3) is 0.438. The third-order valence-electron chi connectivity index (χ3n) is 3.04. The zero-order valence-electron chi connectivity index (χ0n) is 12.7. The Morgan fingerprint density at radius 1 is 0.909 bits per heavy atom. The molecule has 0 saturated carbocycles. The molecule has 0 aromatic heterocycles. The number of benzene rings is 1. The fourth-order valence-corrected chi connectivity index (χ4v) is 1.95. The van der Waals surface area contributed by atoms with Crippen molar-refractivity contribution in [1.29, 1.82) is 0 Å². The van der Waals surface area contributed by atoms with E-state index in [1.165, 1.54) is 0 Å². The van der Waals surface area contributed by atoms with Gasteiger partial charge in [-0.3, -0.25) is 14.4 Å². The van der Waals surface area contributed by atoms with Gasteiger partial charge in [-0.1, -0.05) is 29.8 Å². The molecule has 0 bridgehead atoms. The molecular formula is C16H21ClN2O3. The van der Waals surface area contributed by atoms with Gasteiger partial charge in [0.2, 0.25) is 11.8 Å². The number of ketones is 1. The van der Waals surface area contributed by atoms with Crippen LogP contribution in [0.5, 0.6) is 0 Å². The summed E-state index contributed by atoms with van der Waals surface area (Å²) in [6.07, 6.45) is 0.580. The summed E-state index contributed by atoms with van der Waals surface area (Å²) in [6.45, 7) is 2.65. The Labute approximate surface area is 135 Å². The fourth-order valence-electron chi connectivity index (χ4n) is 1.78. The van der Waals surface area contributed by atoms with E-state index in [2.05, 4.69) is 10.6 Å². The Bertz CT molecular complexity index is 515. The third-order valence-corrected chi connectivity index (χ3v) is 3.23. The van der Waals surface area contributed by atoms with E-state index in [-0.39, 0.29) is 42.7 Å². The normalized spacial score (nSPS) is 10.1. The zero-order valence-corrected chi connectivity index (χ0v) is 13.4. The Kier molecular flexibility index (Phi) is 8.22. The van der Waals surface area contributed by atoms with Crippen molar-refractivity contribution >= 4 is 29.2 Å². The summed E-state index contributed by atoms with van der Waals surface area (Å²) < 4.78 is 0. The van der Waals surface area contributed by atoms with Crippen molar-refractivity contribution in [2.24, 2.45) is 0 Å². The van der Waals surface area contributed by atoms with Crippen LogP contribution in [0.3, 0.4) is 0 Å². The summed E-state index contributed by atoms with van der Waals surface area (Å²) in [7, 11) is 0. The number of carbonyl (C=O) groups excluding carboxylic acids is 3. The average Bonchev–Trinajstić information content (AvgIpc) is 2.50. The quantitative estimate of drug-likeness (QED) is 0.413. The number of hydrogen-bond donors (Lipinski definition) is 2. The number of nitrogens with one attached hydrogen (secondary N) is 2. The molecular weight excluding hydrogens is 304 g/mol. The molecule has 0 heterocycles. The van der Waals surface area contributed by atoms with Gasteiger partial charge in [0.1, 0.15) is 0 Å². The maximum atomic E-state index is 11.9.